The Bertz CT molecular complexity index is 1740. The number of amides is 1. The van der Waals surface area contributed by atoms with Crippen LogP contribution in [-0.4, -0.2) is 28.0 Å². The van der Waals surface area contributed by atoms with Gasteiger partial charge < -0.3 is 19.8 Å². The third kappa shape index (κ3) is 4.79. The summed E-state index contributed by atoms with van der Waals surface area (Å²) in [5.74, 6) is -1.22. The summed E-state index contributed by atoms with van der Waals surface area (Å²) in [6, 6.07) is 12.5. The number of hydrogen-bond donors (Lipinski definition) is 2. The Morgan fingerprint density at radius 3 is 2.53 bits per heavy atom. The van der Waals surface area contributed by atoms with Gasteiger partial charge in [-0.15, -0.1) is 0 Å². The van der Waals surface area contributed by atoms with Gasteiger partial charge in [0.25, 0.3) is 5.91 Å². The summed E-state index contributed by atoms with van der Waals surface area (Å²) in [6.45, 7) is 1.67. The van der Waals surface area contributed by atoms with Gasteiger partial charge in [-0.05, 0) is 36.8 Å². The number of nitrogens with zero attached hydrogens (tertiary/aromatic N) is 2. The van der Waals surface area contributed by atoms with Crippen LogP contribution in [0.1, 0.15) is 16.1 Å². The average Bonchev–Trinajstić information content (AvgIpc) is 2.91. The first-order chi connectivity index (χ1) is 18.3. The van der Waals surface area contributed by atoms with Crippen molar-refractivity contribution in [2.24, 2.45) is 0 Å². The minimum atomic E-state index is -0.744. The van der Waals surface area contributed by atoms with Crippen molar-refractivity contribution in [1.29, 1.82) is 0 Å². The third-order valence-electron chi connectivity index (χ3n) is 5.82. The zero-order chi connectivity index (χ0) is 26.8. The predicted octanol–water partition coefficient (Wildman–Crippen LogP) is 5.62. The molecule has 0 radical (unpaired) electrons. The van der Waals surface area contributed by atoms with Crippen molar-refractivity contribution in [3.8, 4) is 28.4 Å². The van der Waals surface area contributed by atoms with Crippen LogP contribution in [-0.2, 0) is 0 Å². The average molecular weight is 514 g/mol. The molecule has 0 unspecified atom stereocenters. The van der Waals surface area contributed by atoms with Crippen LogP contribution in [0.5, 0.6) is 17.2 Å². The Morgan fingerprint density at radius 2 is 1.79 bits per heavy atom. The summed E-state index contributed by atoms with van der Waals surface area (Å²) in [7, 11) is 1.51. The fraction of sp³-hybridized carbons (Fsp3) is 0.0714. The van der Waals surface area contributed by atoms with E-state index in [-0.39, 0.29) is 28.3 Å². The smallest absolute Gasteiger partial charge is 0.261 e. The Hall–Kier alpha value is -5.12. The Labute approximate surface area is 214 Å². The first-order valence-corrected chi connectivity index (χ1v) is 11.4. The van der Waals surface area contributed by atoms with E-state index < -0.39 is 23.0 Å². The number of carbonyl (C=O) groups excluding carboxylic acids is 1. The Morgan fingerprint density at radius 1 is 1.00 bits per heavy atom. The zero-order valence-electron chi connectivity index (χ0n) is 20.2. The fourth-order valence-corrected chi connectivity index (χ4v) is 3.92. The standard InChI is InChI=1S/C28H20F2N4O4/c1-15-25(16-3-5-17(29)6-4-16)27(35)20(14-32-15)28(36)34-18-7-8-23(21(30)11-18)38-24-9-10-31-22-12-19(37-2)13-33-26(22)24/h3-14H,1-2H3,(H,32,35)(H,34,36). The van der Waals surface area contributed by atoms with E-state index in [4.69, 9.17) is 9.47 Å². The minimum Gasteiger partial charge on any atom is -0.495 e. The second-order valence-electron chi connectivity index (χ2n) is 8.29. The summed E-state index contributed by atoms with van der Waals surface area (Å²) in [5.41, 5.74) is 1.54. The third-order valence-corrected chi connectivity index (χ3v) is 5.82. The molecule has 0 saturated carbocycles. The van der Waals surface area contributed by atoms with Gasteiger partial charge in [0, 0.05) is 47.5 Å². The van der Waals surface area contributed by atoms with Gasteiger partial charge >= 0.3 is 0 Å². The molecule has 3 heterocycles. The van der Waals surface area contributed by atoms with E-state index in [1.807, 2.05) is 0 Å². The number of halogens is 2. The summed E-state index contributed by atoms with van der Waals surface area (Å²) < 4.78 is 39.1. The van der Waals surface area contributed by atoms with Crippen LogP contribution in [0.25, 0.3) is 22.2 Å². The molecule has 0 saturated heterocycles. The number of H-pyrrole nitrogens is 1. The molecule has 3 aromatic heterocycles. The SMILES string of the molecule is COc1cnc2c(Oc3ccc(NC(=O)c4c[nH]c(C)c(-c5ccc(F)cc5)c4=O)cc3F)ccnc2c1. The van der Waals surface area contributed by atoms with E-state index in [0.29, 0.717) is 28.0 Å². The van der Waals surface area contributed by atoms with Gasteiger partial charge in [-0.25, -0.2) is 13.8 Å². The number of pyridine rings is 3. The molecule has 38 heavy (non-hydrogen) atoms. The van der Waals surface area contributed by atoms with E-state index in [2.05, 4.69) is 20.3 Å². The van der Waals surface area contributed by atoms with Gasteiger partial charge in [0.2, 0.25) is 5.43 Å². The molecule has 2 N–H and O–H groups in total. The molecule has 5 rings (SSSR count). The van der Waals surface area contributed by atoms with Crippen molar-refractivity contribution in [1.82, 2.24) is 15.0 Å². The van der Waals surface area contributed by atoms with E-state index >= 15 is 0 Å². The highest BCUT2D eigenvalue weighted by atomic mass is 19.1. The summed E-state index contributed by atoms with van der Waals surface area (Å²) in [4.78, 5) is 37.4. The van der Waals surface area contributed by atoms with E-state index in [1.54, 1.807) is 19.1 Å². The van der Waals surface area contributed by atoms with Crippen LogP contribution in [0.2, 0.25) is 0 Å². The van der Waals surface area contributed by atoms with Crippen LogP contribution in [0.3, 0.4) is 0 Å². The summed E-state index contributed by atoms with van der Waals surface area (Å²) in [6.07, 6.45) is 4.29. The molecular formula is C28H20F2N4O4. The second-order valence-corrected chi connectivity index (χ2v) is 8.29. The lowest BCUT2D eigenvalue weighted by molar-refractivity contribution is 0.102. The molecule has 190 valence electrons. The predicted molar refractivity (Wildman–Crippen MR) is 138 cm³/mol. The lowest BCUT2D eigenvalue weighted by Gasteiger charge is -2.12. The number of ether oxygens (including phenoxy) is 2. The van der Waals surface area contributed by atoms with Crippen LogP contribution in [0.15, 0.2) is 78.0 Å². The number of aromatic amines is 1. The molecule has 0 aliphatic rings. The Balaban J connectivity index is 1.38. The van der Waals surface area contributed by atoms with Gasteiger partial charge in [-0.1, -0.05) is 12.1 Å². The number of carbonyl (C=O) groups is 1. The van der Waals surface area contributed by atoms with E-state index in [0.717, 1.165) is 6.07 Å². The van der Waals surface area contributed by atoms with Crippen LogP contribution in [0, 0.1) is 18.6 Å². The van der Waals surface area contributed by atoms with Gasteiger partial charge in [0.15, 0.2) is 17.3 Å². The topological polar surface area (TPSA) is 106 Å². The molecule has 0 aliphatic heterocycles. The van der Waals surface area contributed by atoms with Crippen molar-refractivity contribution < 1.29 is 23.0 Å². The van der Waals surface area contributed by atoms with Crippen LogP contribution in [0.4, 0.5) is 14.5 Å². The number of rotatable bonds is 6. The quantitative estimate of drug-likeness (QED) is 0.305. The number of aromatic nitrogens is 3. The highest BCUT2D eigenvalue weighted by molar-refractivity contribution is 6.04. The number of benzene rings is 2. The number of hydrogen-bond acceptors (Lipinski definition) is 6. The molecule has 0 aliphatic carbocycles. The summed E-state index contributed by atoms with van der Waals surface area (Å²) >= 11 is 0. The molecule has 0 spiro atoms. The van der Waals surface area contributed by atoms with Gasteiger partial charge in [-0.2, -0.15) is 0 Å². The number of aryl methyl sites for hydroxylation is 1. The minimum absolute atomic E-state index is 0.0973. The monoisotopic (exact) mass is 514 g/mol. The van der Waals surface area contributed by atoms with Crippen molar-refractivity contribution in [2.75, 3.05) is 12.4 Å². The van der Waals surface area contributed by atoms with E-state index in [1.165, 1.54) is 62.1 Å². The lowest BCUT2D eigenvalue weighted by Crippen LogP contribution is -2.23. The fourth-order valence-electron chi connectivity index (χ4n) is 3.92. The molecule has 0 fully saturated rings. The molecule has 10 heteroatoms. The number of anilines is 1. The number of methoxy groups -OCH3 is 1. The Kier molecular flexibility index (Phi) is 6.53. The molecule has 5 aromatic rings. The second kappa shape index (κ2) is 10.1. The van der Waals surface area contributed by atoms with Crippen molar-refractivity contribution in [2.45, 2.75) is 6.92 Å². The molecule has 1 amide bonds. The summed E-state index contributed by atoms with van der Waals surface area (Å²) in [5, 5.41) is 2.53. The normalized spacial score (nSPS) is 10.8. The number of nitrogens with one attached hydrogen (secondary N) is 2. The maximum atomic E-state index is 14.9. The largest absolute Gasteiger partial charge is 0.495 e. The van der Waals surface area contributed by atoms with Crippen molar-refractivity contribution in [3.63, 3.8) is 0 Å². The maximum Gasteiger partial charge on any atom is 0.261 e. The highest BCUT2D eigenvalue weighted by Crippen LogP contribution is 2.31. The molecule has 0 atom stereocenters. The molecular weight excluding hydrogens is 494 g/mol. The number of fused-ring (bicyclic) bond motifs is 1. The molecule has 8 nitrogen and oxygen atoms in total. The zero-order valence-corrected chi connectivity index (χ0v) is 20.2. The first kappa shape index (κ1) is 24.6. The highest BCUT2D eigenvalue weighted by Gasteiger charge is 2.18. The molecule has 0 bridgehead atoms. The van der Waals surface area contributed by atoms with E-state index in [9.17, 15) is 18.4 Å². The van der Waals surface area contributed by atoms with Gasteiger partial charge in [-0.3, -0.25) is 14.6 Å². The van der Waals surface area contributed by atoms with Crippen LogP contribution >= 0.6 is 0 Å². The lowest BCUT2D eigenvalue weighted by atomic mass is 10.0. The van der Waals surface area contributed by atoms with Gasteiger partial charge in [0.1, 0.15) is 22.6 Å². The van der Waals surface area contributed by atoms with Crippen LogP contribution < -0.4 is 20.2 Å². The first-order valence-electron chi connectivity index (χ1n) is 11.4. The van der Waals surface area contributed by atoms with Gasteiger partial charge in [0.05, 0.1) is 18.8 Å². The van der Waals surface area contributed by atoms with Crippen molar-refractivity contribution in [3.05, 3.63) is 106 Å². The van der Waals surface area contributed by atoms with Crippen molar-refractivity contribution >= 4 is 22.6 Å². The maximum absolute atomic E-state index is 14.9. The molecule has 2 aromatic carbocycles.